The maximum Gasteiger partial charge on any atom is 0.294 e. The van der Waals surface area contributed by atoms with Gasteiger partial charge in [-0.25, -0.2) is 4.98 Å². The lowest BCUT2D eigenvalue weighted by atomic mass is 10.2. The van der Waals surface area contributed by atoms with Gasteiger partial charge in [0.15, 0.2) is 5.82 Å². The van der Waals surface area contributed by atoms with Crippen molar-refractivity contribution < 1.29 is 9.57 Å². The minimum Gasteiger partial charge on any atom is -0.407 e. The summed E-state index contributed by atoms with van der Waals surface area (Å²) in [6.07, 6.45) is 0. The van der Waals surface area contributed by atoms with Crippen molar-refractivity contribution in [3.05, 3.63) is 65.0 Å². The number of aromatic nitrogens is 2. The Morgan fingerprint density at radius 1 is 1.00 bits per heavy atom. The van der Waals surface area contributed by atoms with Crippen LogP contribution in [0, 0.1) is 0 Å². The lowest BCUT2D eigenvalue weighted by molar-refractivity contribution is 0.0167. The molecule has 6 nitrogen and oxygen atoms in total. The number of para-hydroxylation sites is 1. The first kappa shape index (κ1) is 16.8. The summed E-state index contributed by atoms with van der Waals surface area (Å²) in [4.78, 5) is 25.8. The molecule has 0 saturated carbocycles. The van der Waals surface area contributed by atoms with Crippen molar-refractivity contribution in [2.45, 2.75) is 0 Å². The van der Waals surface area contributed by atoms with E-state index in [4.69, 9.17) is 9.57 Å². The monoisotopic (exact) mass is 351 g/mol. The third kappa shape index (κ3) is 3.47. The molecule has 0 bridgehead atoms. The van der Waals surface area contributed by atoms with Crippen LogP contribution in [0.3, 0.4) is 0 Å². The molecule has 0 N–H and O–H groups in total. The number of benzene rings is 2. The molecule has 0 radical (unpaired) electrons. The summed E-state index contributed by atoms with van der Waals surface area (Å²) in [6.45, 7) is 4.43. The van der Waals surface area contributed by atoms with Crippen LogP contribution in [-0.4, -0.2) is 54.1 Å². The van der Waals surface area contributed by atoms with E-state index in [9.17, 15) is 4.79 Å². The smallest absolute Gasteiger partial charge is 0.294 e. The van der Waals surface area contributed by atoms with Crippen LogP contribution in [-0.2, 0) is 4.74 Å². The molecular formula is C20H21N3O3. The SMILES string of the molecule is O=c1c2ccccc2nc(-c2ccccc2)n1OCCN1CCOCC1. The Bertz CT molecular complexity index is 934. The molecule has 0 atom stereocenters. The van der Waals surface area contributed by atoms with E-state index in [0.717, 1.165) is 38.4 Å². The summed E-state index contributed by atoms with van der Waals surface area (Å²) in [7, 11) is 0. The molecule has 1 saturated heterocycles. The number of hydrogen-bond acceptors (Lipinski definition) is 5. The van der Waals surface area contributed by atoms with E-state index in [1.54, 1.807) is 6.07 Å². The predicted molar refractivity (Wildman–Crippen MR) is 100 cm³/mol. The van der Waals surface area contributed by atoms with Gasteiger partial charge in [-0.15, -0.1) is 4.73 Å². The summed E-state index contributed by atoms with van der Waals surface area (Å²) >= 11 is 0. The van der Waals surface area contributed by atoms with E-state index in [0.29, 0.717) is 23.3 Å². The fourth-order valence-electron chi connectivity index (χ4n) is 3.09. The van der Waals surface area contributed by atoms with Crippen LogP contribution in [0.1, 0.15) is 0 Å². The molecule has 1 aliphatic heterocycles. The van der Waals surface area contributed by atoms with Gasteiger partial charge in [0.2, 0.25) is 0 Å². The number of fused-ring (bicyclic) bond motifs is 1. The second kappa shape index (κ2) is 7.68. The minimum absolute atomic E-state index is 0.184. The van der Waals surface area contributed by atoms with Gasteiger partial charge in [0, 0.05) is 25.2 Å². The van der Waals surface area contributed by atoms with Gasteiger partial charge in [0.25, 0.3) is 5.56 Å². The number of rotatable bonds is 5. The number of nitrogens with zero attached hydrogens (tertiary/aromatic N) is 3. The summed E-state index contributed by atoms with van der Waals surface area (Å²) < 4.78 is 6.69. The first-order chi connectivity index (χ1) is 12.8. The highest BCUT2D eigenvalue weighted by Crippen LogP contribution is 2.17. The maximum absolute atomic E-state index is 13.0. The van der Waals surface area contributed by atoms with Gasteiger partial charge in [-0.3, -0.25) is 9.69 Å². The normalized spacial score (nSPS) is 15.2. The van der Waals surface area contributed by atoms with Crippen LogP contribution in [0.5, 0.6) is 0 Å². The van der Waals surface area contributed by atoms with E-state index in [-0.39, 0.29) is 5.56 Å². The Balaban J connectivity index is 1.66. The van der Waals surface area contributed by atoms with Crippen LogP contribution >= 0.6 is 0 Å². The number of morpholine rings is 1. The molecule has 4 rings (SSSR count). The average Bonchev–Trinajstić information content (AvgIpc) is 2.71. The van der Waals surface area contributed by atoms with Crippen molar-refractivity contribution in [2.75, 3.05) is 39.5 Å². The molecule has 6 heteroatoms. The Morgan fingerprint density at radius 2 is 1.73 bits per heavy atom. The first-order valence-corrected chi connectivity index (χ1v) is 8.83. The van der Waals surface area contributed by atoms with Crippen LogP contribution in [0.25, 0.3) is 22.3 Å². The van der Waals surface area contributed by atoms with Crippen LogP contribution in [0.2, 0.25) is 0 Å². The summed E-state index contributed by atoms with van der Waals surface area (Å²) in [6, 6.07) is 17.0. The third-order valence-electron chi connectivity index (χ3n) is 4.50. The summed E-state index contributed by atoms with van der Waals surface area (Å²) in [5.41, 5.74) is 1.34. The molecule has 1 fully saturated rings. The molecule has 2 aromatic carbocycles. The molecular weight excluding hydrogens is 330 g/mol. The van der Waals surface area contributed by atoms with Gasteiger partial charge in [0.05, 0.1) is 24.1 Å². The van der Waals surface area contributed by atoms with Crippen molar-refractivity contribution in [3.63, 3.8) is 0 Å². The molecule has 3 aromatic rings. The molecule has 1 aromatic heterocycles. The lowest BCUT2D eigenvalue weighted by Gasteiger charge is -2.26. The molecule has 0 unspecified atom stereocenters. The van der Waals surface area contributed by atoms with Crippen molar-refractivity contribution in [3.8, 4) is 11.4 Å². The Hall–Kier alpha value is -2.70. The fourth-order valence-corrected chi connectivity index (χ4v) is 3.09. The third-order valence-corrected chi connectivity index (χ3v) is 4.50. The van der Waals surface area contributed by atoms with Gasteiger partial charge < -0.3 is 9.57 Å². The molecule has 1 aliphatic rings. The van der Waals surface area contributed by atoms with E-state index in [2.05, 4.69) is 9.88 Å². The van der Waals surface area contributed by atoms with Crippen molar-refractivity contribution in [1.82, 2.24) is 14.6 Å². The minimum atomic E-state index is -0.184. The van der Waals surface area contributed by atoms with E-state index < -0.39 is 0 Å². The van der Waals surface area contributed by atoms with Gasteiger partial charge in [0.1, 0.15) is 6.61 Å². The summed E-state index contributed by atoms with van der Waals surface area (Å²) in [5.74, 6) is 0.524. The molecule has 0 spiro atoms. The van der Waals surface area contributed by atoms with Gasteiger partial charge in [-0.05, 0) is 12.1 Å². The second-order valence-electron chi connectivity index (χ2n) is 6.21. The highest BCUT2D eigenvalue weighted by molar-refractivity contribution is 5.79. The van der Waals surface area contributed by atoms with Crippen LogP contribution in [0.15, 0.2) is 59.4 Å². The zero-order valence-electron chi connectivity index (χ0n) is 14.5. The zero-order valence-corrected chi connectivity index (χ0v) is 14.5. The van der Waals surface area contributed by atoms with E-state index in [1.165, 1.54) is 4.73 Å². The highest BCUT2D eigenvalue weighted by Gasteiger charge is 2.15. The van der Waals surface area contributed by atoms with Gasteiger partial charge in [-0.1, -0.05) is 42.5 Å². The average molecular weight is 351 g/mol. The highest BCUT2D eigenvalue weighted by atomic mass is 16.7. The van der Waals surface area contributed by atoms with Crippen molar-refractivity contribution in [2.24, 2.45) is 0 Å². The predicted octanol–water partition coefficient (Wildman–Crippen LogP) is 1.82. The largest absolute Gasteiger partial charge is 0.407 e. The number of ether oxygens (including phenoxy) is 1. The molecule has 26 heavy (non-hydrogen) atoms. The van der Waals surface area contributed by atoms with E-state index in [1.807, 2.05) is 48.5 Å². The Labute approximate surface area is 151 Å². The topological polar surface area (TPSA) is 56.6 Å². The van der Waals surface area contributed by atoms with Crippen molar-refractivity contribution >= 4 is 10.9 Å². The van der Waals surface area contributed by atoms with Crippen LogP contribution < -0.4 is 10.4 Å². The molecule has 0 aliphatic carbocycles. The van der Waals surface area contributed by atoms with Crippen LogP contribution in [0.4, 0.5) is 0 Å². The van der Waals surface area contributed by atoms with Crippen molar-refractivity contribution in [1.29, 1.82) is 0 Å². The fraction of sp³-hybridized carbons (Fsp3) is 0.300. The van der Waals surface area contributed by atoms with E-state index >= 15 is 0 Å². The standard InChI is InChI=1S/C20H21N3O3/c24-20-17-8-4-5-9-18(17)21-19(16-6-2-1-3-7-16)23(20)26-15-12-22-10-13-25-14-11-22/h1-9H,10-15H2. The second-order valence-corrected chi connectivity index (χ2v) is 6.21. The zero-order chi connectivity index (χ0) is 17.8. The Morgan fingerprint density at radius 3 is 2.54 bits per heavy atom. The summed E-state index contributed by atoms with van der Waals surface area (Å²) in [5, 5.41) is 0.554. The first-order valence-electron chi connectivity index (χ1n) is 8.83. The molecule has 134 valence electrons. The molecule has 2 heterocycles. The van der Waals surface area contributed by atoms with Gasteiger partial charge in [-0.2, -0.15) is 0 Å². The lowest BCUT2D eigenvalue weighted by Crippen LogP contribution is -2.40. The number of hydrogen-bond donors (Lipinski definition) is 0. The van der Waals surface area contributed by atoms with Gasteiger partial charge >= 0.3 is 0 Å². The quantitative estimate of drug-likeness (QED) is 0.702. The Kier molecular flexibility index (Phi) is 4.95. The molecule has 0 amide bonds. The maximum atomic E-state index is 13.0.